The van der Waals surface area contributed by atoms with Gasteiger partial charge in [-0.2, -0.15) is 0 Å². The molecule has 1 unspecified atom stereocenters. The van der Waals surface area contributed by atoms with E-state index in [1.54, 1.807) is 4.90 Å². The van der Waals surface area contributed by atoms with Gasteiger partial charge in [0.15, 0.2) is 0 Å². The van der Waals surface area contributed by atoms with Crippen molar-refractivity contribution < 1.29 is 14.4 Å². The topological polar surface area (TPSA) is 78.5 Å². The van der Waals surface area contributed by atoms with E-state index in [2.05, 4.69) is 10.6 Å². The first-order valence-electron chi connectivity index (χ1n) is 10.3. The van der Waals surface area contributed by atoms with Gasteiger partial charge in [-0.25, -0.2) is 0 Å². The van der Waals surface area contributed by atoms with Crippen molar-refractivity contribution in [1.29, 1.82) is 0 Å². The van der Waals surface area contributed by atoms with Crippen molar-refractivity contribution in [1.82, 2.24) is 15.5 Å². The Kier molecular flexibility index (Phi) is 8.48. The summed E-state index contributed by atoms with van der Waals surface area (Å²) in [6.45, 7) is 7.72. The minimum Gasteiger partial charge on any atom is -0.356 e. The zero-order chi connectivity index (χ0) is 20.5. The summed E-state index contributed by atoms with van der Waals surface area (Å²) in [4.78, 5) is 39.3. The number of carbonyl (C=O) groups excluding carboxylic acids is 3. The Hall–Kier alpha value is -2.37. The van der Waals surface area contributed by atoms with Gasteiger partial charge in [0.2, 0.25) is 17.7 Å². The fourth-order valence-electron chi connectivity index (χ4n) is 3.47. The fourth-order valence-corrected chi connectivity index (χ4v) is 3.47. The van der Waals surface area contributed by atoms with Crippen LogP contribution in [0.5, 0.6) is 0 Å². The van der Waals surface area contributed by atoms with Crippen molar-refractivity contribution in [2.24, 2.45) is 11.8 Å². The van der Waals surface area contributed by atoms with Crippen LogP contribution < -0.4 is 10.6 Å². The first kappa shape index (κ1) is 21.9. The minimum absolute atomic E-state index is 0.00204. The summed E-state index contributed by atoms with van der Waals surface area (Å²) < 4.78 is 0. The molecule has 1 aliphatic heterocycles. The van der Waals surface area contributed by atoms with Gasteiger partial charge < -0.3 is 15.5 Å². The van der Waals surface area contributed by atoms with E-state index in [4.69, 9.17) is 0 Å². The number of piperidine rings is 1. The van der Waals surface area contributed by atoms with Crippen molar-refractivity contribution in [3.05, 3.63) is 35.9 Å². The normalized spacial score (nSPS) is 15.9. The predicted octanol–water partition coefficient (Wildman–Crippen LogP) is 2.13. The smallest absolute Gasteiger partial charge is 0.245 e. The van der Waals surface area contributed by atoms with Gasteiger partial charge in [-0.1, -0.05) is 51.1 Å². The van der Waals surface area contributed by atoms with Gasteiger partial charge in [0.1, 0.15) is 6.04 Å². The molecule has 6 heteroatoms. The van der Waals surface area contributed by atoms with E-state index in [0.717, 1.165) is 12.0 Å². The monoisotopic (exact) mass is 387 g/mol. The quantitative estimate of drug-likeness (QED) is 0.717. The van der Waals surface area contributed by atoms with Crippen molar-refractivity contribution in [2.75, 3.05) is 19.6 Å². The Morgan fingerprint density at radius 2 is 1.75 bits per heavy atom. The van der Waals surface area contributed by atoms with E-state index in [9.17, 15) is 14.4 Å². The molecule has 3 amide bonds. The lowest BCUT2D eigenvalue weighted by Crippen LogP contribution is -2.54. The lowest BCUT2D eigenvalue weighted by Gasteiger charge is -2.35. The van der Waals surface area contributed by atoms with Gasteiger partial charge in [-0.05, 0) is 30.7 Å². The summed E-state index contributed by atoms with van der Waals surface area (Å²) in [5.41, 5.74) is 0.925. The summed E-state index contributed by atoms with van der Waals surface area (Å²) in [6, 6.07) is 8.97. The summed E-state index contributed by atoms with van der Waals surface area (Å²) in [7, 11) is 0. The number of likely N-dealkylation sites (tertiary alicyclic amines) is 1. The molecule has 0 spiro atoms. The van der Waals surface area contributed by atoms with Gasteiger partial charge in [-0.3, -0.25) is 14.4 Å². The molecule has 0 aliphatic carbocycles. The molecule has 1 aromatic carbocycles. The van der Waals surface area contributed by atoms with Crippen LogP contribution in [0.3, 0.4) is 0 Å². The first-order valence-corrected chi connectivity index (χ1v) is 10.3. The molecule has 6 nitrogen and oxygen atoms in total. The third kappa shape index (κ3) is 6.36. The van der Waals surface area contributed by atoms with Crippen LogP contribution in [0.25, 0.3) is 0 Å². The zero-order valence-electron chi connectivity index (χ0n) is 17.2. The Bertz CT molecular complexity index is 652. The number of hydrogen-bond donors (Lipinski definition) is 2. The largest absolute Gasteiger partial charge is 0.356 e. The Balaban J connectivity index is 1.89. The molecule has 1 saturated heterocycles. The van der Waals surface area contributed by atoms with E-state index >= 15 is 0 Å². The van der Waals surface area contributed by atoms with Crippen molar-refractivity contribution in [2.45, 2.75) is 52.5 Å². The molecular weight excluding hydrogens is 354 g/mol. The Labute approximate surface area is 168 Å². The van der Waals surface area contributed by atoms with Crippen molar-refractivity contribution >= 4 is 17.7 Å². The number of carbonyl (C=O) groups is 3. The average Bonchev–Trinajstić information content (AvgIpc) is 2.70. The molecule has 1 heterocycles. The Morgan fingerprint density at radius 1 is 1.11 bits per heavy atom. The summed E-state index contributed by atoms with van der Waals surface area (Å²) in [5.74, 6) is -0.139. The third-order valence-corrected chi connectivity index (χ3v) is 5.18. The molecule has 0 bridgehead atoms. The number of nitrogens with zero attached hydrogens (tertiary/aromatic N) is 1. The lowest BCUT2D eigenvalue weighted by molar-refractivity contribution is -0.140. The van der Waals surface area contributed by atoms with E-state index < -0.39 is 6.04 Å². The van der Waals surface area contributed by atoms with Crippen molar-refractivity contribution in [3.63, 3.8) is 0 Å². The molecule has 0 radical (unpaired) electrons. The maximum Gasteiger partial charge on any atom is 0.245 e. The number of amides is 3. The average molecular weight is 388 g/mol. The van der Waals surface area contributed by atoms with Crippen molar-refractivity contribution in [3.8, 4) is 0 Å². The molecule has 0 saturated carbocycles. The van der Waals surface area contributed by atoms with Crippen LogP contribution in [0.2, 0.25) is 0 Å². The van der Waals surface area contributed by atoms with E-state index in [1.807, 2.05) is 51.1 Å². The van der Waals surface area contributed by atoms with Crippen LogP contribution >= 0.6 is 0 Å². The molecule has 154 valence electrons. The highest BCUT2D eigenvalue weighted by molar-refractivity contribution is 5.89. The summed E-state index contributed by atoms with van der Waals surface area (Å²) in [6.07, 6.45) is 2.52. The maximum absolute atomic E-state index is 13.0. The Morgan fingerprint density at radius 3 is 2.32 bits per heavy atom. The highest BCUT2D eigenvalue weighted by Gasteiger charge is 2.32. The van der Waals surface area contributed by atoms with Gasteiger partial charge in [0, 0.05) is 25.6 Å². The number of rotatable bonds is 8. The molecule has 2 rings (SSSR count). The second kappa shape index (κ2) is 10.8. The second-order valence-electron chi connectivity index (χ2n) is 7.84. The highest BCUT2D eigenvalue weighted by atomic mass is 16.2. The van der Waals surface area contributed by atoms with Crippen LogP contribution in [0.1, 0.15) is 45.6 Å². The van der Waals surface area contributed by atoms with Crippen LogP contribution in [0.4, 0.5) is 0 Å². The van der Waals surface area contributed by atoms with Crippen LogP contribution in [-0.2, 0) is 20.8 Å². The minimum atomic E-state index is -0.540. The van der Waals surface area contributed by atoms with Gasteiger partial charge in [0.05, 0.1) is 6.42 Å². The highest BCUT2D eigenvalue weighted by Crippen LogP contribution is 2.19. The fraction of sp³-hybridized carbons (Fsp3) is 0.591. The van der Waals surface area contributed by atoms with Gasteiger partial charge in [-0.15, -0.1) is 0 Å². The molecular formula is C22H33N3O3. The number of hydrogen-bond acceptors (Lipinski definition) is 3. The molecule has 1 aliphatic rings. The molecule has 1 atom stereocenters. The maximum atomic E-state index is 13.0. The molecule has 0 aromatic heterocycles. The molecule has 2 N–H and O–H groups in total. The van der Waals surface area contributed by atoms with Crippen LogP contribution in [0, 0.1) is 11.8 Å². The molecule has 28 heavy (non-hydrogen) atoms. The van der Waals surface area contributed by atoms with Gasteiger partial charge >= 0.3 is 0 Å². The van der Waals surface area contributed by atoms with E-state index in [0.29, 0.717) is 32.5 Å². The lowest BCUT2D eigenvalue weighted by atomic mass is 9.94. The van der Waals surface area contributed by atoms with Gasteiger partial charge in [0.25, 0.3) is 0 Å². The van der Waals surface area contributed by atoms with Crippen LogP contribution in [-0.4, -0.2) is 48.3 Å². The standard InChI is InChI=1S/C22H33N3O3/c1-4-12-23-21(27)18-10-13-25(14-11-18)22(28)20(16(2)3)24-19(26)15-17-8-6-5-7-9-17/h5-9,16,18,20H,4,10-15H2,1-3H3,(H,23,27)(H,24,26). The summed E-state index contributed by atoms with van der Waals surface area (Å²) in [5, 5.41) is 5.85. The zero-order valence-corrected chi connectivity index (χ0v) is 17.2. The summed E-state index contributed by atoms with van der Waals surface area (Å²) >= 11 is 0. The number of benzene rings is 1. The SMILES string of the molecule is CCCNC(=O)C1CCN(C(=O)C(NC(=O)Cc2ccccc2)C(C)C)CC1. The van der Waals surface area contributed by atoms with E-state index in [-0.39, 0.29) is 36.0 Å². The first-order chi connectivity index (χ1) is 13.4. The predicted molar refractivity (Wildman–Crippen MR) is 110 cm³/mol. The molecule has 1 aromatic rings. The third-order valence-electron chi connectivity index (χ3n) is 5.18. The van der Waals surface area contributed by atoms with Crippen LogP contribution in [0.15, 0.2) is 30.3 Å². The second-order valence-corrected chi connectivity index (χ2v) is 7.84. The number of nitrogens with one attached hydrogen (secondary N) is 2. The molecule has 1 fully saturated rings. The van der Waals surface area contributed by atoms with E-state index in [1.165, 1.54) is 0 Å².